The number of benzene rings is 2. The van der Waals surface area contributed by atoms with Crippen LogP contribution >= 0.6 is 0 Å². The van der Waals surface area contributed by atoms with Gasteiger partial charge in [0, 0.05) is 5.92 Å². The van der Waals surface area contributed by atoms with Crippen molar-refractivity contribution in [3.05, 3.63) is 71.0 Å². The van der Waals surface area contributed by atoms with Gasteiger partial charge in [0.2, 0.25) is 0 Å². The number of ether oxygens (including phenoxy) is 3. The fourth-order valence-electron chi connectivity index (χ4n) is 5.53. The second kappa shape index (κ2) is 9.97. The quantitative estimate of drug-likeness (QED) is 0.339. The highest BCUT2D eigenvalue weighted by molar-refractivity contribution is 5.97. The van der Waals surface area contributed by atoms with Crippen LogP contribution in [0.3, 0.4) is 0 Å². The minimum absolute atomic E-state index is 0.00829. The van der Waals surface area contributed by atoms with Crippen LogP contribution < -0.4 is 10.5 Å². The maximum absolute atomic E-state index is 13.7. The van der Waals surface area contributed by atoms with E-state index in [0.29, 0.717) is 29.5 Å². The first-order valence-electron chi connectivity index (χ1n) is 11.9. The van der Waals surface area contributed by atoms with Gasteiger partial charge in [-0.3, -0.25) is 4.79 Å². The average Bonchev–Trinajstić information content (AvgIpc) is 3.67. The number of hydrogen-bond donors (Lipinski definition) is 1. The summed E-state index contributed by atoms with van der Waals surface area (Å²) in [5, 5.41) is 4.12. The molecule has 5 rings (SSSR count). The van der Waals surface area contributed by atoms with E-state index in [1.165, 1.54) is 44.6 Å². The van der Waals surface area contributed by atoms with Gasteiger partial charge in [0.1, 0.15) is 12.2 Å². The predicted octanol–water partition coefficient (Wildman–Crippen LogP) is 4.14. The van der Waals surface area contributed by atoms with Crippen molar-refractivity contribution in [1.29, 1.82) is 0 Å². The SMILES string of the molecule is COC(=O)c1ccc(N2C=NNN2C(F)(F)F)cc1C1=C[C@@]2(CCC(C(=O)OC)[C@H]2c2ccc(F)cc2)OC1. The number of methoxy groups -OCH3 is 2. The lowest BCUT2D eigenvalue weighted by Crippen LogP contribution is -2.52. The molecule has 1 saturated carbocycles. The molecular weight excluding hydrogens is 524 g/mol. The molecule has 13 heteroatoms. The molecule has 206 valence electrons. The van der Waals surface area contributed by atoms with Gasteiger partial charge in [-0.15, -0.1) is 0 Å². The Labute approximate surface area is 220 Å². The summed E-state index contributed by atoms with van der Waals surface area (Å²) < 4.78 is 70.4. The summed E-state index contributed by atoms with van der Waals surface area (Å²) in [6, 6.07) is 9.89. The van der Waals surface area contributed by atoms with Crippen molar-refractivity contribution in [3.63, 3.8) is 0 Å². The van der Waals surface area contributed by atoms with Crippen LogP contribution in [0.15, 0.2) is 53.6 Å². The zero-order chi connectivity index (χ0) is 27.9. The molecule has 39 heavy (non-hydrogen) atoms. The summed E-state index contributed by atoms with van der Waals surface area (Å²) in [4.78, 5) is 25.3. The van der Waals surface area contributed by atoms with E-state index >= 15 is 0 Å². The minimum atomic E-state index is -4.79. The van der Waals surface area contributed by atoms with Crippen molar-refractivity contribution >= 4 is 29.5 Å². The van der Waals surface area contributed by atoms with E-state index in [-0.39, 0.29) is 23.0 Å². The molecular formula is C26H24F4N4O5. The van der Waals surface area contributed by atoms with Gasteiger partial charge in [0.15, 0.2) is 0 Å². The zero-order valence-electron chi connectivity index (χ0n) is 20.9. The van der Waals surface area contributed by atoms with Crippen LogP contribution in [0.5, 0.6) is 0 Å². The second-order valence-corrected chi connectivity index (χ2v) is 9.30. The zero-order valence-corrected chi connectivity index (χ0v) is 20.9. The third-order valence-corrected chi connectivity index (χ3v) is 7.22. The van der Waals surface area contributed by atoms with Gasteiger partial charge in [-0.1, -0.05) is 12.1 Å². The summed E-state index contributed by atoms with van der Waals surface area (Å²) in [5.74, 6) is -2.65. The number of carbonyl (C=O) groups is 2. The number of esters is 2. The number of nitrogens with one attached hydrogen (secondary N) is 1. The molecule has 2 aliphatic heterocycles. The lowest BCUT2D eigenvalue weighted by Gasteiger charge is -2.31. The number of anilines is 1. The predicted molar refractivity (Wildman–Crippen MR) is 130 cm³/mol. The Kier molecular flexibility index (Phi) is 6.81. The van der Waals surface area contributed by atoms with Gasteiger partial charge in [0.25, 0.3) is 0 Å². The summed E-state index contributed by atoms with van der Waals surface area (Å²) in [6.07, 6.45) is -1.18. The van der Waals surface area contributed by atoms with E-state index in [1.807, 2.05) is 5.53 Å². The number of halogens is 4. The third-order valence-electron chi connectivity index (χ3n) is 7.22. The number of hydrazine groups is 2. The van der Waals surface area contributed by atoms with Crippen molar-refractivity contribution in [1.82, 2.24) is 10.7 Å². The van der Waals surface area contributed by atoms with Crippen molar-refractivity contribution < 1.29 is 41.4 Å². The summed E-state index contributed by atoms with van der Waals surface area (Å²) in [6.45, 7) is 0.00829. The molecule has 1 aliphatic carbocycles. The van der Waals surface area contributed by atoms with Crippen molar-refractivity contribution in [2.75, 3.05) is 25.8 Å². The van der Waals surface area contributed by atoms with Crippen LogP contribution in [0.1, 0.15) is 40.2 Å². The van der Waals surface area contributed by atoms with Crippen LogP contribution in [0.2, 0.25) is 0 Å². The smallest absolute Gasteiger partial charge is 0.469 e. The van der Waals surface area contributed by atoms with Gasteiger partial charge >= 0.3 is 18.2 Å². The molecule has 3 atom stereocenters. The van der Waals surface area contributed by atoms with Gasteiger partial charge < -0.3 is 14.2 Å². The molecule has 2 aromatic carbocycles. The van der Waals surface area contributed by atoms with Gasteiger partial charge in [-0.2, -0.15) is 18.3 Å². The first-order chi connectivity index (χ1) is 18.6. The molecule has 1 fully saturated rings. The average molecular weight is 548 g/mol. The van der Waals surface area contributed by atoms with E-state index in [4.69, 9.17) is 14.2 Å². The van der Waals surface area contributed by atoms with Crippen molar-refractivity contribution in [2.45, 2.75) is 30.7 Å². The lowest BCUT2D eigenvalue weighted by molar-refractivity contribution is -0.259. The van der Waals surface area contributed by atoms with E-state index in [2.05, 4.69) is 5.10 Å². The Balaban J connectivity index is 1.59. The highest BCUT2D eigenvalue weighted by Crippen LogP contribution is 2.54. The van der Waals surface area contributed by atoms with Crippen LogP contribution in [0, 0.1) is 11.7 Å². The van der Waals surface area contributed by atoms with Crippen LogP contribution in [-0.4, -0.2) is 56.1 Å². The Bertz CT molecular complexity index is 1350. The number of hydrazone groups is 1. The summed E-state index contributed by atoms with van der Waals surface area (Å²) in [5.41, 5.74) is 2.57. The summed E-state index contributed by atoms with van der Waals surface area (Å²) >= 11 is 0. The molecule has 1 N–H and O–H groups in total. The molecule has 1 unspecified atom stereocenters. The normalized spacial score (nSPS) is 24.7. The molecule has 0 bridgehead atoms. The van der Waals surface area contributed by atoms with E-state index < -0.39 is 41.5 Å². The van der Waals surface area contributed by atoms with E-state index in [9.17, 15) is 27.2 Å². The Morgan fingerprint density at radius 3 is 2.54 bits per heavy atom. The Hall–Kier alpha value is -3.97. The van der Waals surface area contributed by atoms with Gasteiger partial charge in [-0.25, -0.2) is 19.7 Å². The van der Waals surface area contributed by atoms with Gasteiger partial charge in [0.05, 0.1) is 43.6 Å². The molecule has 2 heterocycles. The van der Waals surface area contributed by atoms with Crippen LogP contribution in [0.25, 0.3) is 5.57 Å². The Morgan fingerprint density at radius 1 is 1.13 bits per heavy atom. The number of rotatable bonds is 5. The van der Waals surface area contributed by atoms with E-state index in [1.54, 1.807) is 18.2 Å². The van der Waals surface area contributed by atoms with Crippen LogP contribution in [0.4, 0.5) is 23.2 Å². The third kappa shape index (κ3) is 4.72. The molecule has 0 saturated heterocycles. The maximum Gasteiger partial charge on any atom is 0.497 e. The molecule has 3 aliphatic rings. The molecule has 0 radical (unpaired) electrons. The fraction of sp³-hybridized carbons (Fsp3) is 0.346. The minimum Gasteiger partial charge on any atom is -0.469 e. The molecule has 9 nitrogen and oxygen atoms in total. The Morgan fingerprint density at radius 2 is 1.87 bits per heavy atom. The topological polar surface area (TPSA) is 92.7 Å². The number of carbonyl (C=O) groups excluding carboxylic acids is 2. The molecule has 0 aromatic heterocycles. The fourth-order valence-corrected chi connectivity index (χ4v) is 5.53. The summed E-state index contributed by atoms with van der Waals surface area (Å²) in [7, 11) is 2.49. The maximum atomic E-state index is 13.7. The van der Waals surface area contributed by atoms with Crippen molar-refractivity contribution in [2.24, 2.45) is 11.0 Å². The van der Waals surface area contributed by atoms with Gasteiger partial charge in [-0.05, 0) is 71.1 Å². The first-order valence-corrected chi connectivity index (χ1v) is 11.9. The molecule has 0 amide bonds. The van der Waals surface area contributed by atoms with E-state index in [0.717, 1.165) is 11.3 Å². The number of hydrogen-bond acceptors (Lipinski definition) is 9. The standard InChI is InChI=1S/C26H24F4N4O5/c1-37-23(35)19-8-7-18(33-14-31-32-34(33)26(28,29)30)11-21(19)16-12-25(39-13-16)10-9-20(24(36)38-2)22(25)15-3-5-17(27)6-4-15/h3-8,11-12,14,20,22,32H,9-10,13H2,1-2H3/t20?,22-,25-/m1/s1. The largest absolute Gasteiger partial charge is 0.497 e. The lowest BCUT2D eigenvalue weighted by atomic mass is 9.79. The number of nitrogens with zero attached hydrogens (tertiary/aromatic N) is 3. The second-order valence-electron chi connectivity index (χ2n) is 9.30. The molecule has 1 spiro atoms. The first kappa shape index (κ1) is 26.6. The highest BCUT2D eigenvalue weighted by Gasteiger charge is 2.54. The molecule has 2 aromatic rings. The monoisotopic (exact) mass is 548 g/mol. The number of alkyl halides is 3. The van der Waals surface area contributed by atoms with Crippen molar-refractivity contribution in [3.8, 4) is 0 Å². The van der Waals surface area contributed by atoms with Crippen LogP contribution in [-0.2, 0) is 19.0 Å². The highest BCUT2D eigenvalue weighted by atomic mass is 19.4.